The standard InChI is InChI=1S/C16H15BrFNO2/c1-10(11-6-7-15(21-2)14(18)9-11)19-16(20)12-4-3-5-13(17)8-12/h3-10H,1-2H3,(H,19,20). The highest BCUT2D eigenvalue weighted by Gasteiger charge is 2.13. The van der Waals surface area contributed by atoms with Crippen molar-refractivity contribution in [2.75, 3.05) is 7.11 Å². The van der Waals surface area contributed by atoms with E-state index in [0.717, 1.165) is 4.47 Å². The molecule has 0 radical (unpaired) electrons. The van der Waals surface area contributed by atoms with Gasteiger partial charge in [0.15, 0.2) is 11.6 Å². The Kier molecular flexibility index (Phi) is 4.96. The third kappa shape index (κ3) is 3.82. The lowest BCUT2D eigenvalue weighted by Gasteiger charge is -2.15. The summed E-state index contributed by atoms with van der Waals surface area (Å²) in [5, 5.41) is 2.84. The highest BCUT2D eigenvalue weighted by Crippen LogP contribution is 2.22. The Balaban J connectivity index is 2.12. The number of carbonyl (C=O) groups excluding carboxylic acids is 1. The molecular formula is C16H15BrFNO2. The average Bonchev–Trinajstić information content (AvgIpc) is 2.47. The van der Waals surface area contributed by atoms with Gasteiger partial charge in [-0.3, -0.25) is 4.79 Å². The highest BCUT2D eigenvalue weighted by atomic mass is 79.9. The van der Waals surface area contributed by atoms with E-state index in [1.807, 2.05) is 6.07 Å². The van der Waals surface area contributed by atoms with Gasteiger partial charge < -0.3 is 10.1 Å². The second-order valence-electron chi connectivity index (χ2n) is 4.60. The van der Waals surface area contributed by atoms with Gasteiger partial charge >= 0.3 is 0 Å². The van der Waals surface area contributed by atoms with Crippen molar-refractivity contribution >= 4 is 21.8 Å². The number of hydrogen-bond donors (Lipinski definition) is 1. The van der Waals surface area contributed by atoms with E-state index in [9.17, 15) is 9.18 Å². The first-order valence-corrected chi connectivity index (χ1v) is 7.20. The van der Waals surface area contributed by atoms with E-state index >= 15 is 0 Å². The van der Waals surface area contributed by atoms with Crippen molar-refractivity contribution in [3.63, 3.8) is 0 Å². The summed E-state index contributed by atoms with van der Waals surface area (Å²) in [5.74, 6) is -0.470. The van der Waals surface area contributed by atoms with E-state index in [-0.39, 0.29) is 17.7 Å². The van der Waals surface area contributed by atoms with Crippen LogP contribution >= 0.6 is 15.9 Å². The molecule has 2 aromatic carbocycles. The maximum absolute atomic E-state index is 13.7. The van der Waals surface area contributed by atoms with Crippen LogP contribution in [0.1, 0.15) is 28.9 Å². The third-order valence-electron chi connectivity index (χ3n) is 3.11. The molecule has 0 fully saturated rings. The molecule has 0 aliphatic rings. The van der Waals surface area contributed by atoms with Crippen molar-refractivity contribution in [2.45, 2.75) is 13.0 Å². The fourth-order valence-corrected chi connectivity index (χ4v) is 2.34. The molecule has 0 aliphatic heterocycles. The maximum atomic E-state index is 13.7. The molecular weight excluding hydrogens is 337 g/mol. The zero-order valence-electron chi connectivity index (χ0n) is 11.7. The lowest BCUT2D eigenvalue weighted by atomic mass is 10.1. The van der Waals surface area contributed by atoms with E-state index in [1.54, 1.807) is 37.3 Å². The second-order valence-corrected chi connectivity index (χ2v) is 5.52. The van der Waals surface area contributed by atoms with Crippen molar-refractivity contribution in [3.8, 4) is 5.75 Å². The molecule has 0 aliphatic carbocycles. The van der Waals surface area contributed by atoms with Crippen LogP contribution in [0.5, 0.6) is 5.75 Å². The fourth-order valence-electron chi connectivity index (χ4n) is 1.94. The third-order valence-corrected chi connectivity index (χ3v) is 3.60. The minimum absolute atomic E-state index is 0.185. The highest BCUT2D eigenvalue weighted by molar-refractivity contribution is 9.10. The zero-order chi connectivity index (χ0) is 15.4. The molecule has 0 saturated heterocycles. The molecule has 3 nitrogen and oxygen atoms in total. The molecule has 0 spiro atoms. The summed E-state index contributed by atoms with van der Waals surface area (Å²) >= 11 is 3.32. The number of hydrogen-bond acceptors (Lipinski definition) is 2. The zero-order valence-corrected chi connectivity index (χ0v) is 13.3. The SMILES string of the molecule is COc1ccc(C(C)NC(=O)c2cccc(Br)c2)cc1F. The predicted molar refractivity (Wildman–Crippen MR) is 83.0 cm³/mol. The normalized spacial score (nSPS) is 11.8. The summed E-state index contributed by atoms with van der Waals surface area (Å²) in [4.78, 5) is 12.1. The Labute approximate surface area is 131 Å². The van der Waals surface area contributed by atoms with E-state index < -0.39 is 5.82 Å². The van der Waals surface area contributed by atoms with Gasteiger partial charge in [-0.25, -0.2) is 4.39 Å². The molecule has 0 bridgehead atoms. The van der Waals surface area contributed by atoms with E-state index in [1.165, 1.54) is 13.2 Å². The Morgan fingerprint density at radius 3 is 2.67 bits per heavy atom. The smallest absolute Gasteiger partial charge is 0.251 e. The van der Waals surface area contributed by atoms with Crippen LogP contribution in [0.3, 0.4) is 0 Å². The first-order chi connectivity index (χ1) is 10.0. The number of rotatable bonds is 4. The Morgan fingerprint density at radius 2 is 2.05 bits per heavy atom. The molecule has 1 N–H and O–H groups in total. The molecule has 1 atom stereocenters. The maximum Gasteiger partial charge on any atom is 0.251 e. The Bertz CT molecular complexity index is 660. The van der Waals surface area contributed by atoms with Crippen molar-refractivity contribution in [2.24, 2.45) is 0 Å². The quantitative estimate of drug-likeness (QED) is 0.900. The van der Waals surface area contributed by atoms with Gasteiger partial charge in [0, 0.05) is 10.0 Å². The molecule has 0 heterocycles. The van der Waals surface area contributed by atoms with Crippen LogP contribution in [-0.2, 0) is 0 Å². The molecule has 5 heteroatoms. The van der Waals surface area contributed by atoms with Crippen LogP contribution in [0.15, 0.2) is 46.9 Å². The van der Waals surface area contributed by atoms with E-state index in [2.05, 4.69) is 21.2 Å². The summed E-state index contributed by atoms with van der Waals surface area (Å²) in [7, 11) is 1.41. The van der Waals surface area contributed by atoms with Crippen molar-refractivity contribution in [1.29, 1.82) is 0 Å². The van der Waals surface area contributed by atoms with Crippen LogP contribution in [0.2, 0.25) is 0 Å². The number of benzene rings is 2. The molecule has 2 aromatic rings. The van der Waals surface area contributed by atoms with Crippen LogP contribution in [-0.4, -0.2) is 13.0 Å². The van der Waals surface area contributed by atoms with Gasteiger partial charge in [-0.2, -0.15) is 0 Å². The molecule has 0 aromatic heterocycles. The van der Waals surface area contributed by atoms with Gasteiger partial charge in [0.1, 0.15) is 0 Å². The van der Waals surface area contributed by atoms with Crippen LogP contribution in [0.25, 0.3) is 0 Å². The van der Waals surface area contributed by atoms with Gasteiger partial charge in [-0.05, 0) is 42.8 Å². The van der Waals surface area contributed by atoms with Crippen molar-refractivity contribution in [1.82, 2.24) is 5.32 Å². The summed E-state index contributed by atoms with van der Waals surface area (Å²) in [5.41, 5.74) is 1.22. The minimum atomic E-state index is -0.446. The van der Waals surface area contributed by atoms with Crippen molar-refractivity contribution in [3.05, 3.63) is 63.9 Å². The predicted octanol–water partition coefficient (Wildman–Crippen LogP) is 4.09. The average molecular weight is 352 g/mol. The molecule has 1 amide bonds. The van der Waals surface area contributed by atoms with Gasteiger partial charge in [0.25, 0.3) is 5.91 Å². The molecule has 0 saturated carbocycles. The number of methoxy groups -OCH3 is 1. The van der Waals surface area contributed by atoms with Gasteiger partial charge in [0.05, 0.1) is 13.2 Å². The summed E-state index contributed by atoms with van der Waals surface area (Å²) in [6.45, 7) is 1.80. The van der Waals surface area contributed by atoms with Crippen LogP contribution < -0.4 is 10.1 Å². The second kappa shape index (κ2) is 6.72. The van der Waals surface area contributed by atoms with Gasteiger partial charge in [-0.1, -0.05) is 28.1 Å². The summed E-state index contributed by atoms with van der Waals surface area (Å²) in [6.07, 6.45) is 0. The van der Waals surface area contributed by atoms with Crippen LogP contribution in [0.4, 0.5) is 4.39 Å². The number of ether oxygens (including phenoxy) is 1. The Hall–Kier alpha value is -1.88. The van der Waals surface area contributed by atoms with Crippen LogP contribution in [0, 0.1) is 5.82 Å². The first kappa shape index (κ1) is 15.5. The monoisotopic (exact) mass is 351 g/mol. The number of halogens is 2. The molecule has 1 unspecified atom stereocenters. The van der Waals surface area contributed by atoms with E-state index in [4.69, 9.17) is 4.74 Å². The Morgan fingerprint density at radius 1 is 1.29 bits per heavy atom. The topological polar surface area (TPSA) is 38.3 Å². The number of nitrogens with one attached hydrogen (secondary N) is 1. The van der Waals surface area contributed by atoms with Gasteiger partial charge in [0.2, 0.25) is 0 Å². The summed E-state index contributed by atoms with van der Waals surface area (Å²) < 4.78 is 19.4. The lowest BCUT2D eigenvalue weighted by Crippen LogP contribution is -2.26. The van der Waals surface area contributed by atoms with Gasteiger partial charge in [-0.15, -0.1) is 0 Å². The first-order valence-electron chi connectivity index (χ1n) is 6.41. The largest absolute Gasteiger partial charge is 0.494 e. The summed E-state index contributed by atoms with van der Waals surface area (Å²) in [6, 6.07) is 11.4. The van der Waals surface area contributed by atoms with E-state index in [0.29, 0.717) is 11.1 Å². The lowest BCUT2D eigenvalue weighted by molar-refractivity contribution is 0.0939. The molecule has 2 rings (SSSR count). The number of amides is 1. The van der Waals surface area contributed by atoms with Crippen molar-refractivity contribution < 1.29 is 13.9 Å². The molecule has 110 valence electrons. The fraction of sp³-hybridized carbons (Fsp3) is 0.188. The minimum Gasteiger partial charge on any atom is -0.494 e. The molecule has 21 heavy (non-hydrogen) atoms. The number of carbonyl (C=O) groups is 1.